The molecule has 0 aliphatic heterocycles. The van der Waals surface area contributed by atoms with E-state index in [1.807, 2.05) is 6.07 Å². The summed E-state index contributed by atoms with van der Waals surface area (Å²) in [7, 11) is 0. The summed E-state index contributed by atoms with van der Waals surface area (Å²) >= 11 is 4.20. The average molecular weight is 330 g/mol. The van der Waals surface area contributed by atoms with Crippen molar-refractivity contribution in [2.45, 2.75) is 38.1 Å². The van der Waals surface area contributed by atoms with Gasteiger partial charge in [-0.15, -0.1) is 0 Å². The second-order valence-electron chi connectivity index (χ2n) is 5.95. The van der Waals surface area contributed by atoms with E-state index < -0.39 is 0 Å². The summed E-state index contributed by atoms with van der Waals surface area (Å²) in [6.07, 6.45) is 5.41. The van der Waals surface area contributed by atoms with Gasteiger partial charge in [0, 0.05) is 11.8 Å². The Morgan fingerprint density at radius 2 is 1.57 bits per heavy atom. The lowest BCUT2D eigenvalue weighted by Gasteiger charge is -2.09. The van der Waals surface area contributed by atoms with Gasteiger partial charge in [0.15, 0.2) is 0 Å². The topological polar surface area (TPSA) is 35.2 Å². The Morgan fingerprint density at radius 1 is 0.870 bits per heavy atom. The van der Waals surface area contributed by atoms with Gasteiger partial charge in [0.25, 0.3) is 0 Å². The summed E-state index contributed by atoms with van der Waals surface area (Å²) in [4.78, 5) is 0. The summed E-state index contributed by atoms with van der Waals surface area (Å²) in [5.74, 6) is 1.72. The molecule has 0 spiro atoms. The van der Waals surface area contributed by atoms with E-state index in [9.17, 15) is 0 Å². The molecule has 0 saturated carbocycles. The summed E-state index contributed by atoms with van der Waals surface area (Å²) in [6.45, 7) is 0.772. The highest BCUT2D eigenvalue weighted by Crippen LogP contribution is 2.16. The molecule has 3 heteroatoms. The second-order valence-corrected chi connectivity index (χ2v) is 6.31. The van der Waals surface area contributed by atoms with Crippen LogP contribution in [0.2, 0.25) is 0 Å². The monoisotopic (exact) mass is 329 g/mol. The van der Waals surface area contributed by atoms with Crippen molar-refractivity contribution in [2.75, 3.05) is 12.4 Å². The zero-order chi connectivity index (χ0) is 16.3. The standard InChI is InChI=1S/C20H27NOS/c21-19(16-23)9-5-2-6-14-22-20-12-10-18(11-13-20)15-17-7-3-1-4-8-17/h1,3-4,7-8,10-13,19,23H,2,5-6,9,14-16,21H2/t19-/m0/s1. The van der Waals surface area contributed by atoms with Crippen LogP contribution in [0.4, 0.5) is 0 Å². The lowest BCUT2D eigenvalue weighted by molar-refractivity contribution is 0.304. The predicted octanol–water partition coefficient (Wildman–Crippen LogP) is 4.47. The minimum atomic E-state index is 0.233. The van der Waals surface area contributed by atoms with Crippen molar-refractivity contribution in [2.24, 2.45) is 5.73 Å². The van der Waals surface area contributed by atoms with E-state index in [1.54, 1.807) is 0 Å². The molecular formula is C20H27NOS. The Labute approximate surface area is 145 Å². The molecule has 124 valence electrons. The summed E-state index contributed by atoms with van der Waals surface area (Å²) in [6, 6.07) is 19.2. The smallest absolute Gasteiger partial charge is 0.119 e. The highest BCUT2D eigenvalue weighted by Gasteiger charge is 2.00. The number of rotatable bonds is 10. The zero-order valence-electron chi connectivity index (χ0n) is 13.7. The molecule has 23 heavy (non-hydrogen) atoms. The van der Waals surface area contributed by atoms with E-state index >= 15 is 0 Å². The van der Waals surface area contributed by atoms with Gasteiger partial charge < -0.3 is 10.5 Å². The van der Waals surface area contributed by atoms with Crippen molar-refractivity contribution in [1.29, 1.82) is 0 Å². The molecule has 0 unspecified atom stereocenters. The van der Waals surface area contributed by atoms with E-state index in [-0.39, 0.29) is 6.04 Å². The minimum Gasteiger partial charge on any atom is -0.494 e. The van der Waals surface area contributed by atoms with Crippen molar-refractivity contribution in [3.05, 3.63) is 65.7 Å². The van der Waals surface area contributed by atoms with E-state index in [1.165, 1.54) is 11.1 Å². The highest BCUT2D eigenvalue weighted by atomic mass is 32.1. The number of unbranched alkanes of at least 4 members (excludes halogenated alkanes) is 2. The van der Waals surface area contributed by atoms with Crippen LogP contribution in [0.1, 0.15) is 36.8 Å². The molecule has 0 aliphatic rings. The van der Waals surface area contributed by atoms with Crippen LogP contribution in [0.15, 0.2) is 54.6 Å². The number of ether oxygens (including phenoxy) is 1. The Kier molecular flexibility index (Phi) is 8.05. The molecule has 0 radical (unpaired) electrons. The van der Waals surface area contributed by atoms with Crippen molar-refractivity contribution in [3.8, 4) is 5.75 Å². The fraction of sp³-hybridized carbons (Fsp3) is 0.400. The van der Waals surface area contributed by atoms with Crippen LogP contribution in [0.3, 0.4) is 0 Å². The molecule has 2 nitrogen and oxygen atoms in total. The number of benzene rings is 2. The lowest BCUT2D eigenvalue weighted by Crippen LogP contribution is -2.21. The molecule has 0 saturated heterocycles. The minimum absolute atomic E-state index is 0.233. The maximum Gasteiger partial charge on any atom is 0.119 e. The van der Waals surface area contributed by atoms with Gasteiger partial charge in [-0.05, 0) is 42.5 Å². The molecule has 0 heterocycles. The summed E-state index contributed by atoms with van der Waals surface area (Å²) < 4.78 is 5.80. The summed E-state index contributed by atoms with van der Waals surface area (Å²) in [5, 5.41) is 0. The Bertz CT molecular complexity index is 541. The van der Waals surface area contributed by atoms with Gasteiger partial charge in [-0.2, -0.15) is 12.6 Å². The number of hydrogen-bond donors (Lipinski definition) is 2. The van der Waals surface area contributed by atoms with Crippen molar-refractivity contribution < 1.29 is 4.74 Å². The molecular weight excluding hydrogens is 302 g/mol. The SMILES string of the molecule is N[C@H](CS)CCCCCOc1ccc(Cc2ccccc2)cc1. The fourth-order valence-electron chi connectivity index (χ4n) is 2.50. The molecule has 2 aromatic rings. The molecule has 0 aromatic heterocycles. The van der Waals surface area contributed by atoms with Crippen LogP contribution in [0.25, 0.3) is 0 Å². The van der Waals surface area contributed by atoms with Crippen LogP contribution in [-0.4, -0.2) is 18.4 Å². The van der Waals surface area contributed by atoms with Crippen LogP contribution in [0.5, 0.6) is 5.75 Å². The molecule has 2 N–H and O–H groups in total. The normalized spacial score (nSPS) is 12.1. The van der Waals surface area contributed by atoms with E-state index in [2.05, 4.69) is 61.2 Å². The van der Waals surface area contributed by atoms with Crippen LogP contribution in [0, 0.1) is 0 Å². The van der Waals surface area contributed by atoms with Crippen LogP contribution >= 0.6 is 12.6 Å². The van der Waals surface area contributed by atoms with Gasteiger partial charge in [-0.1, -0.05) is 55.3 Å². The first-order chi connectivity index (χ1) is 11.3. The Hall–Kier alpha value is -1.45. The Balaban J connectivity index is 1.65. The second kappa shape index (κ2) is 10.3. The molecule has 0 bridgehead atoms. The van der Waals surface area contributed by atoms with Crippen molar-refractivity contribution in [3.63, 3.8) is 0 Å². The lowest BCUT2D eigenvalue weighted by atomic mass is 10.1. The maximum absolute atomic E-state index is 5.84. The highest BCUT2D eigenvalue weighted by molar-refractivity contribution is 7.80. The van der Waals surface area contributed by atoms with Gasteiger partial charge in [-0.25, -0.2) is 0 Å². The Morgan fingerprint density at radius 3 is 2.26 bits per heavy atom. The first-order valence-electron chi connectivity index (χ1n) is 8.40. The molecule has 1 atom stereocenters. The third-order valence-corrected chi connectivity index (χ3v) is 4.37. The van der Waals surface area contributed by atoms with E-state index in [4.69, 9.17) is 10.5 Å². The van der Waals surface area contributed by atoms with Crippen LogP contribution in [-0.2, 0) is 6.42 Å². The first-order valence-corrected chi connectivity index (χ1v) is 9.03. The quantitative estimate of drug-likeness (QED) is 0.498. The maximum atomic E-state index is 5.84. The third-order valence-electron chi connectivity index (χ3n) is 3.90. The van der Waals surface area contributed by atoms with E-state index in [0.717, 1.165) is 50.2 Å². The molecule has 0 fully saturated rings. The largest absolute Gasteiger partial charge is 0.494 e. The van der Waals surface area contributed by atoms with Gasteiger partial charge in [0.2, 0.25) is 0 Å². The van der Waals surface area contributed by atoms with Gasteiger partial charge in [0.1, 0.15) is 5.75 Å². The van der Waals surface area contributed by atoms with Crippen molar-refractivity contribution >= 4 is 12.6 Å². The number of hydrogen-bond acceptors (Lipinski definition) is 3. The molecule has 0 aliphatic carbocycles. The molecule has 2 aromatic carbocycles. The van der Waals surface area contributed by atoms with Crippen molar-refractivity contribution in [1.82, 2.24) is 0 Å². The average Bonchev–Trinajstić information content (AvgIpc) is 2.60. The van der Waals surface area contributed by atoms with Gasteiger partial charge in [0.05, 0.1) is 6.61 Å². The first kappa shape index (κ1) is 17.9. The van der Waals surface area contributed by atoms with Gasteiger partial charge >= 0.3 is 0 Å². The molecule has 0 amide bonds. The van der Waals surface area contributed by atoms with Crippen LogP contribution < -0.4 is 10.5 Å². The zero-order valence-corrected chi connectivity index (χ0v) is 14.6. The van der Waals surface area contributed by atoms with Gasteiger partial charge in [-0.3, -0.25) is 0 Å². The molecule has 2 rings (SSSR count). The number of thiol groups is 1. The summed E-state index contributed by atoms with van der Waals surface area (Å²) in [5.41, 5.74) is 8.48. The third kappa shape index (κ3) is 7.10. The number of nitrogens with two attached hydrogens (primary N) is 1. The van der Waals surface area contributed by atoms with E-state index in [0.29, 0.717) is 0 Å². The predicted molar refractivity (Wildman–Crippen MR) is 101 cm³/mol. The fourth-order valence-corrected chi connectivity index (χ4v) is 2.68.